The fourth-order valence-corrected chi connectivity index (χ4v) is 1.32. The Kier molecular flexibility index (Phi) is 3.12. The van der Waals surface area contributed by atoms with Crippen LogP contribution in [-0.2, 0) is 0 Å². The van der Waals surface area contributed by atoms with Crippen molar-refractivity contribution in [3.63, 3.8) is 0 Å². The first-order valence-electron chi connectivity index (χ1n) is 3.66. The minimum absolute atomic E-state index is 1.29. The number of allylic oxidation sites excluding steroid dienone is 3. The van der Waals surface area contributed by atoms with Crippen LogP contribution in [0.15, 0.2) is 34.6 Å². The van der Waals surface area contributed by atoms with Crippen LogP contribution >= 0.6 is 11.3 Å². The molecule has 0 nitrogen and oxygen atoms in total. The molecule has 0 aromatic carbocycles. The quantitative estimate of drug-likeness (QED) is 0.584. The number of hydrogen-bond acceptors (Lipinski definition) is 1. The van der Waals surface area contributed by atoms with Gasteiger partial charge in [-0.25, -0.2) is 0 Å². The summed E-state index contributed by atoms with van der Waals surface area (Å²) in [5.74, 6) is 0. The van der Waals surface area contributed by atoms with E-state index in [1.54, 1.807) is 11.3 Å². The fraction of sp³-hybridized carbons (Fsp3) is 0.200. The summed E-state index contributed by atoms with van der Waals surface area (Å²) in [6.07, 6.45) is 6.36. The van der Waals surface area contributed by atoms with Crippen molar-refractivity contribution >= 4 is 17.4 Å². The maximum atomic E-state index is 2.14. The Hall–Kier alpha value is -0.820. The van der Waals surface area contributed by atoms with Gasteiger partial charge in [-0.05, 0) is 36.2 Å². The summed E-state index contributed by atoms with van der Waals surface area (Å²) < 4.78 is 0. The highest BCUT2D eigenvalue weighted by molar-refractivity contribution is 7.08. The van der Waals surface area contributed by atoms with E-state index >= 15 is 0 Å². The molecule has 0 spiro atoms. The largest absolute Gasteiger partial charge is 0.152 e. The molecule has 0 saturated carbocycles. The third-order valence-electron chi connectivity index (χ3n) is 1.54. The highest BCUT2D eigenvalue weighted by Crippen LogP contribution is 2.09. The summed E-state index contributed by atoms with van der Waals surface area (Å²) in [5.41, 5.74) is 2.59. The van der Waals surface area contributed by atoms with Crippen molar-refractivity contribution in [2.75, 3.05) is 0 Å². The van der Waals surface area contributed by atoms with E-state index in [1.807, 2.05) is 6.92 Å². The van der Waals surface area contributed by atoms with Gasteiger partial charge in [0.2, 0.25) is 0 Å². The summed E-state index contributed by atoms with van der Waals surface area (Å²) in [5, 5.41) is 4.23. The van der Waals surface area contributed by atoms with Gasteiger partial charge in [-0.2, -0.15) is 11.3 Å². The van der Waals surface area contributed by atoms with Crippen molar-refractivity contribution in [2.45, 2.75) is 13.8 Å². The van der Waals surface area contributed by atoms with Crippen molar-refractivity contribution in [1.82, 2.24) is 0 Å². The maximum absolute atomic E-state index is 2.14. The van der Waals surface area contributed by atoms with E-state index in [0.29, 0.717) is 0 Å². The lowest BCUT2D eigenvalue weighted by atomic mass is 10.2. The first-order chi connectivity index (χ1) is 5.33. The lowest BCUT2D eigenvalue weighted by Gasteiger charge is -1.86. The summed E-state index contributed by atoms with van der Waals surface area (Å²) >= 11 is 1.73. The normalized spacial score (nSPS) is 12.7. The molecule has 1 aromatic heterocycles. The number of hydrogen-bond donors (Lipinski definition) is 0. The molecule has 0 aliphatic carbocycles. The average Bonchev–Trinajstić information content (AvgIpc) is 2.52. The molecule has 0 unspecified atom stereocenters. The summed E-state index contributed by atoms with van der Waals surface area (Å²) in [4.78, 5) is 0. The molecule has 1 aromatic rings. The Morgan fingerprint density at radius 2 is 2.36 bits per heavy atom. The minimum Gasteiger partial charge on any atom is -0.152 e. The van der Waals surface area contributed by atoms with Crippen LogP contribution in [0.2, 0.25) is 0 Å². The molecule has 0 aliphatic rings. The van der Waals surface area contributed by atoms with Gasteiger partial charge in [0, 0.05) is 0 Å². The van der Waals surface area contributed by atoms with Crippen LogP contribution in [0.1, 0.15) is 19.4 Å². The summed E-state index contributed by atoms with van der Waals surface area (Å²) in [7, 11) is 0. The van der Waals surface area contributed by atoms with Crippen molar-refractivity contribution in [1.29, 1.82) is 0 Å². The Labute approximate surface area is 71.9 Å². The Morgan fingerprint density at radius 1 is 1.55 bits per heavy atom. The van der Waals surface area contributed by atoms with Crippen molar-refractivity contribution in [3.05, 3.63) is 40.1 Å². The Bertz CT molecular complexity index is 252. The van der Waals surface area contributed by atoms with Gasteiger partial charge in [0.1, 0.15) is 0 Å². The van der Waals surface area contributed by atoms with Crippen LogP contribution in [0, 0.1) is 0 Å². The SMILES string of the molecule is C/C=C(C)/C=C/c1ccsc1. The van der Waals surface area contributed by atoms with Crippen LogP contribution < -0.4 is 0 Å². The van der Waals surface area contributed by atoms with Crippen molar-refractivity contribution in [2.24, 2.45) is 0 Å². The molecule has 0 saturated heterocycles. The predicted octanol–water partition coefficient (Wildman–Crippen LogP) is 3.73. The van der Waals surface area contributed by atoms with Gasteiger partial charge < -0.3 is 0 Å². The second-order valence-electron chi connectivity index (χ2n) is 2.42. The molecule has 1 rings (SSSR count). The molecular weight excluding hydrogens is 152 g/mol. The zero-order valence-corrected chi connectivity index (χ0v) is 7.69. The van der Waals surface area contributed by atoms with Gasteiger partial charge in [-0.3, -0.25) is 0 Å². The summed E-state index contributed by atoms with van der Waals surface area (Å²) in [6.45, 7) is 4.15. The zero-order valence-electron chi connectivity index (χ0n) is 6.87. The first-order valence-corrected chi connectivity index (χ1v) is 4.60. The highest BCUT2D eigenvalue weighted by atomic mass is 32.1. The van der Waals surface area contributed by atoms with Gasteiger partial charge in [0.05, 0.1) is 0 Å². The van der Waals surface area contributed by atoms with Crippen LogP contribution in [-0.4, -0.2) is 0 Å². The monoisotopic (exact) mass is 164 g/mol. The second-order valence-corrected chi connectivity index (χ2v) is 3.20. The van der Waals surface area contributed by atoms with Gasteiger partial charge in [0.25, 0.3) is 0 Å². The molecule has 0 radical (unpaired) electrons. The maximum Gasteiger partial charge on any atom is -0.00208 e. The standard InChI is InChI=1S/C10H12S/c1-3-9(2)4-5-10-6-7-11-8-10/h3-8H,1-2H3/b5-4+,9-3+. The molecule has 1 heteroatoms. The fourth-order valence-electron chi connectivity index (χ4n) is 0.694. The lowest BCUT2D eigenvalue weighted by Crippen LogP contribution is -1.64. The van der Waals surface area contributed by atoms with Crippen molar-refractivity contribution in [3.8, 4) is 0 Å². The number of thiophene rings is 1. The molecule has 0 N–H and O–H groups in total. The van der Waals surface area contributed by atoms with E-state index in [0.717, 1.165) is 0 Å². The van der Waals surface area contributed by atoms with E-state index < -0.39 is 0 Å². The molecule has 0 fully saturated rings. The van der Waals surface area contributed by atoms with E-state index in [9.17, 15) is 0 Å². The van der Waals surface area contributed by atoms with E-state index in [-0.39, 0.29) is 0 Å². The lowest BCUT2D eigenvalue weighted by molar-refractivity contribution is 1.49. The van der Waals surface area contributed by atoms with Gasteiger partial charge in [-0.15, -0.1) is 0 Å². The molecular formula is C10H12S. The summed E-state index contributed by atoms with van der Waals surface area (Å²) in [6, 6.07) is 2.12. The molecule has 1 heterocycles. The second kappa shape index (κ2) is 4.14. The molecule has 11 heavy (non-hydrogen) atoms. The highest BCUT2D eigenvalue weighted by Gasteiger charge is 1.83. The zero-order chi connectivity index (χ0) is 8.10. The average molecular weight is 164 g/mol. The smallest absolute Gasteiger partial charge is 0.00208 e. The molecule has 0 aliphatic heterocycles. The first kappa shape index (κ1) is 8.28. The third kappa shape index (κ3) is 2.72. The molecule has 58 valence electrons. The Morgan fingerprint density at radius 3 is 2.91 bits per heavy atom. The van der Waals surface area contributed by atoms with Crippen LogP contribution in [0.25, 0.3) is 6.08 Å². The van der Waals surface area contributed by atoms with E-state index in [2.05, 4.69) is 42.0 Å². The molecule has 0 atom stereocenters. The van der Waals surface area contributed by atoms with Crippen LogP contribution in [0.4, 0.5) is 0 Å². The van der Waals surface area contributed by atoms with Gasteiger partial charge in [0.15, 0.2) is 0 Å². The predicted molar refractivity (Wildman–Crippen MR) is 52.8 cm³/mol. The van der Waals surface area contributed by atoms with Gasteiger partial charge >= 0.3 is 0 Å². The van der Waals surface area contributed by atoms with E-state index in [4.69, 9.17) is 0 Å². The molecule has 0 amide bonds. The molecule has 0 bridgehead atoms. The van der Waals surface area contributed by atoms with Crippen LogP contribution in [0.5, 0.6) is 0 Å². The number of rotatable bonds is 2. The third-order valence-corrected chi connectivity index (χ3v) is 2.24. The van der Waals surface area contributed by atoms with E-state index in [1.165, 1.54) is 11.1 Å². The topological polar surface area (TPSA) is 0 Å². The van der Waals surface area contributed by atoms with Crippen molar-refractivity contribution < 1.29 is 0 Å². The van der Waals surface area contributed by atoms with Gasteiger partial charge in [-0.1, -0.05) is 23.8 Å². The van der Waals surface area contributed by atoms with Crippen LogP contribution in [0.3, 0.4) is 0 Å². The Balaban J connectivity index is 2.63. The minimum atomic E-state index is 1.29.